The van der Waals surface area contributed by atoms with Crippen molar-refractivity contribution in [1.82, 2.24) is 14.8 Å². The lowest BCUT2D eigenvalue weighted by Gasteiger charge is -2.31. The molecular formula is C24H32FN3O2. The molecule has 1 aliphatic carbocycles. The van der Waals surface area contributed by atoms with Gasteiger partial charge in [-0.2, -0.15) is 0 Å². The van der Waals surface area contributed by atoms with Crippen LogP contribution in [0, 0.1) is 5.82 Å². The molecule has 2 saturated heterocycles. The average Bonchev–Trinajstić information content (AvgIpc) is 3.43. The van der Waals surface area contributed by atoms with E-state index in [2.05, 4.69) is 9.88 Å². The Morgan fingerprint density at radius 1 is 1.20 bits per heavy atom. The van der Waals surface area contributed by atoms with Gasteiger partial charge in [-0.15, -0.1) is 0 Å². The van der Waals surface area contributed by atoms with Gasteiger partial charge in [0, 0.05) is 48.2 Å². The number of hydrogen-bond donors (Lipinski definition) is 1. The third-order valence-corrected chi connectivity index (χ3v) is 7.16. The number of rotatable bonds is 2. The van der Waals surface area contributed by atoms with Crippen LogP contribution in [0.3, 0.4) is 0 Å². The maximum Gasteiger partial charge on any atom is 0.410 e. The molecule has 1 amide bonds. The van der Waals surface area contributed by atoms with Gasteiger partial charge in [0.1, 0.15) is 11.4 Å². The number of likely N-dealkylation sites (tertiary alicyclic amines) is 2. The second kappa shape index (κ2) is 7.26. The van der Waals surface area contributed by atoms with Crippen molar-refractivity contribution in [3.05, 3.63) is 35.8 Å². The zero-order valence-corrected chi connectivity index (χ0v) is 18.2. The van der Waals surface area contributed by atoms with Crippen LogP contribution in [0.1, 0.15) is 64.4 Å². The molecule has 30 heavy (non-hydrogen) atoms. The molecule has 1 aromatic carbocycles. The fraction of sp³-hybridized carbons (Fsp3) is 0.625. The highest BCUT2D eigenvalue weighted by atomic mass is 19.1. The summed E-state index contributed by atoms with van der Waals surface area (Å²) in [5.41, 5.74) is 1.51. The number of aromatic amines is 1. The van der Waals surface area contributed by atoms with Crippen LogP contribution < -0.4 is 0 Å². The molecular weight excluding hydrogens is 381 g/mol. The van der Waals surface area contributed by atoms with E-state index in [0.29, 0.717) is 12.1 Å². The fourth-order valence-electron chi connectivity index (χ4n) is 6.02. The molecule has 2 aromatic rings. The number of hydrogen-bond acceptors (Lipinski definition) is 3. The number of ether oxygens (including phenoxy) is 1. The Hall–Kier alpha value is -2.08. The van der Waals surface area contributed by atoms with Gasteiger partial charge in [0.05, 0.1) is 6.04 Å². The van der Waals surface area contributed by atoms with E-state index in [1.807, 2.05) is 37.9 Å². The van der Waals surface area contributed by atoms with E-state index in [0.717, 1.165) is 30.4 Å². The van der Waals surface area contributed by atoms with Gasteiger partial charge in [-0.05, 0) is 63.8 Å². The summed E-state index contributed by atoms with van der Waals surface area (Å²) in [7, 11) is 0. The quantitative estimate of drug-likeness (QED) is 0.751. The monoisotopic (exact) mass is 413 g/mol. The molecule has 5 nitrogen and oxygen atoms in total. The van der Waals surface area contributed by atoms with Crippen molar-refractivity contribution >= 4 is 17.0 Å². The van der Waals surface area contributed by atoms with E-state index in [-0.39, 0.29) is 23.9 Å². The van der Waals surface area contributed by atoms with Crippen molar-refractivity contribution in [3.63, 3.8) is 0 Å². The van der Waals surface area contributed by atoms with Crippen LogP contribution in [0.5, 0.6) is 0 Å². The Labute approximate surface area is 177 Å². The van der Waals surface area contributed by atoms with E-state index in [4.69, 9.17) is 4.74 Å². The summed E-state index contributed by atoms with van der Waals surface area (Å²) in [4.78, 5) is 21.0. The normalized spacial score (nSPS) is 27.9. The minimum Gasteiger partial charge on any atom is -0.444 e. The minimum atomic E-state index is -0.507. The van der Waals surface area contributed by atoms with Gasteiger partial charge in [0.15, 0.2) is 0 Å². The van der Waals surface area contributed by atoms with E-state index < -0.39 is 5.60 Å². The SMILES string of the molecule is CC(C)(C)OC(=O)N1CC[C@@H]2[C@H]1C(c1c[nH]c3cc(F)ccc13)CN2C1CCCC1. The highest BCUT2D eigenvalue weighted by Crippen LogP contribution is 2.46. The smallest absolute Gasteiger partial charge is 0.410 e. The van der Waals surface area contributed by atoms with Crippen molar-refractivity contribution in [2.24, 2.45) is 0 Å². The van der Waals surface area contributed by atoms with E-state index in [1.165, 1.54) is 37.3 Å². The first kappa shape index (κ1) is 19.9. The Kier molecular flexibility index (Phi) is 4.80. The molecule has 162 valence electrons. The lowest BCUT2D eigenvalue weighted by molar-refractivity contribution is 0.0210. The maximum atomic E-state index is 13.7. The largest absolute Gasteiger partial charge is 0.444 e. The molecule has 0 radical (unpaired) electrons. The van der Waals surface area contributed by atoms with E-state index in [9.17, 15) is 9.18 Å². The predicted molar refractivity (Wildman–Crippen MR) is 115 cm³/mol. The Morgan fingerprint density at radius 3 is 2.70 bits per heavy atom. The highest BCUT2D eigenvalue weighted by molar-refractivity contribution is 5.84. The molecule has 1 N–H and O–H groups in total. The molecule has 3 fully saturated rings. The number of benzene rings is 1. The number of halogens is 1. The van der Waals surface area contributed by atoms with Crippen LogP contribution in [-0.4, -0.2) is 57.7 Å². The topological polar surface area (TPSA) is 48.6 Å². The van der Waals surface area contributed by atoms with Crippen LogP contribution in [0.25, 0.3) is 10.9 Å². The zero-order chi connectivity index (χ0) is 21.0. The number of H-pyrrole nitrogens is 1. The summed E-state index contributed by atoms with van der Waals surface area (Å²) in [6.07, 6.45) is 7.91. The summed E-state index contributed by atoms with van der Waals surface area (Å²) in [5, 5.41) is 1.06. The van der Waals surface area contributed by atoms with Gasteiger partial charge in [-0.25, -0.2) is 9.18 Å². The summed E-state index contributed by atoms with van der Waals surface area (Å²) in [5.74, 6) is -0.0335. The van der Waals surface area contributed by atoms with Crippen LogP contribution in [0.2, 0.25) is 0 Å². The first-order chi connectivity index (χ1) is 14.3. The van der Waals surface area contributed by atoms with Gasteiger partial charge in [-0.1, -0.05) is 12.8 Å². The summed E-state index contributed by atoms with van der Waals surface area (Å²) in [6.45, 7) is 7.45. The molecule has 3 heterocycles. The van der Waals surface area contributed by atoms with Crippen LogP contribution in [0.4, 0.5) is 9.18 Å². The van der Waals surface area contributed by atoms with Gasteiger partial charge in [-0.3, -0.25) is 4.90 Å². The second-order valence-electron chi connectivity index (χ2n) is 10.2. The standard InChI is InChI=1S/C24H32FN3O2/c1-24(2,3)30-23(29)27-11-10-21-22(27)19(14-28(21)16-6-4-5-7-16)18-13-26-20-12-15(25)8-9-17(18)20/h8-9,12-13,16,19,21-22,26H,4-7,10-11,14H2,1-3H3/t19?,21-,22-/m1/s1. The van der Waals surface area contributed by atoms with Crippen molar-refractivity contribution in [2.75, 3.05) is 13.1 Å². The van der Waals surface area contributed by atoms with E-state index in [1.54, 1.807) is 6.07 Å². The Balaban J connectivity index is 1.51. The Morgan fingerprint density at radius 2 is 1.97 bits per heavy atom. The zero-order valence-electron chi connectivity index (χ0n) is 18.2. The summed E-state index contributed by atoms with van der Waals surface area (Å²) in [6, 6.07) is 6.04. The van der Waals surface area contributed by atoms with Gasteiger partial charge >= 0.3 is 6.09 Å². The van der Waals surface area contributed by atoms with Crippen molar-refractivity contribution in [3.8, 4) is 0 Å². The molecule has 0 spiro atoms. The highest BCUT2D eigenvalue weighted by Gasteiger charge is 2.53. The molecule has 2 aliphatic heterocycles. The fourth-order valence-corrected chi connectivity index (χ4v) is 6.02. The second-order valence-corrected chi connectivity index (χ2v) is 10.2. The third kappa shape index (κ3) is 3.39. The lowest BCUT2D eigenvalue weighted by atomic mass is 9.91. The van der Waals surface area contributed by atoms with Crippen molar-refractivity contribution in [2.45, 2.75) is 82.5 Å². The van der Waals surface area contributed by atoms with Crippen molar-refractivity contribution < 1.29 is 13.9 Å². The molecule has 6 heteroatoms. The third-order valence-electron chi connectivity index (χ3n) is 7.16. The van der Waals surface area contributed by atoms with E-state index >= 15 is 0 Å². The number of fused-ring (bicyclic) bond motifs is 2. The number of carbonyl (C=O) groups excluding carboxylic acids is 1. The number of nitrogens with zero attached hydrogens (tertiary/aromatic N) is 2. The first-order valence-electron chi connectivity index (χ1n) is 11.3. The lowest BCUT2D eigenvalue weighted by Crippen LogP contribution is -2.45. The van der Waals surface area contributed by atoms with Gasteiger partial charge in [0.2, 0.25) is 0 Å². The molecule has 3 aliphatic rings. The molecule has 0 bridgehead atoms. The Bertz CT molecular complexity index is 944. The maximum absolute atomic E-state index is 13.7. The van der Waals surface area contributed by atoms with Crippen LogP contribution >= 0.6 is 0 Å². The molecule has 3 atom stereocenters. The van der Waals surface area contributed by atoms with Crippen molar-refractivity contribution in [1.29, 1.82) is 0 Å². The average molecular weight is 414 g/mol. The minimum absolute atomic E-state index is 0.101. The number of amides is 1. The molecule has 1 aromatic heterocycles. The summed E-state index contributed by atoms with van der Waals surface area (Å²) >= 11 is 0. The van der Waals surface area contributed by atoms with Gasteiger partial charge < -0.3 is 14.6 Å². The number of nitrogens with one attached hydrogen (secondary N) is 1. The predicted octanol–water partition coefficient (Wildman–Crippen LogP) is 5.03. The molecule has 1 unspecified atom stereocenters. The van der Waals surface area contributed by atoms with Crippen LogP contribution in [0.15, 0.2) is 24.4 Å². The first-order valence-corrected chi connectivity index (χ1v) is 11.3. The molecule has 5 rings (SSSR count). The van der Waals surface area contributed by atoms with Gasteiger partial charge in [0.25, 0.3) is 0 Å². The number of aromatic nitrogens is 1. The summed E-state index contributed by atoms with van der Waals surface area (Å²) < 4.78 is 19.5. The molecule has 1 saturated carbocycles. The number of carbonyl (C=O) groups is 1. The van der Waals surface area contributed by atoms with Crippen LogP contribution in [-0.2, 0) is 4.74 Å².